The van der Waals surface area contributed by atoms with Crippen LogP contribution in [0.2, 0.25) is 5.02 Å². The van der Waals surface area contributed by atoms with Crippen molar-refractivity contribution in [1.82, 2.24) is 10.2 Å². The highest BCUT2D eigenvalue weighted by Crippen LogP contribution is 2.36. The molecule has 0 saturated carbocycles. The molecule has 0 bridgehead atoms. The fraction of sp³-hybridized carbons (Fsp3) is 0.389. The molecule has 10 heteroatoms. The second-order valence-corrected chi connectivity index (χ2v) is 7.11. The zero-order chi connectivity index (χ0) is 20.3. The molecule has 6 nitrogen and oxygen atoms in total. The molecule has 3 rings (SSSR count). The van der Waals surface area contributed by atoms with Gasteiger partial charge in [-0.25, -0.2) is 5.10 Å². The number of piperidine rings is 1. The lowest BCUT2D eigenvalue weighted by atomic mass is 9.94. The summed E-state index contributed by atoms with van der Waals surface area (Å²) >= 11 is 5.59. The monoisotopic (exact) mass is 414 g/mol. The number of benzene rings is 1. The summed E-state index contributed by atoms with van der Waals surface area (Å²) in [7, 11) is 0. The number of nitrogens with one attached hydrogen (secondary N) is 2. The molecule has 1 unspecified atom stereocenters. The molecule has 1 aliphatic rings. The summed E-state index contributed by atoms with van der Waals surface area (Å²) < 4.78 is 38.8. The van der Waals surface area contributed by atoms with Gasteiger partial charge in [-0.2, -0.15) is 18.3 Å². The maximum Gasteiger partial charge on any atom is 0.417 e. The van der Waals surface area contributed by atoms with Crippen LogP contribution in [0.25, 0.3) is 0 Å². The molecule has 1 fully saturated rings. The van der Waals surface area contributed by atoms with Crippen LogP contribution in [0, 0.1) is 5.92 Å². The van der Waals surface area contributed by atoms with E-state index in [0.717, 1.165) is 31.5 Å². The zero-order valence-corrected chi connectivity index (χ0v) is 15.5. The van der Waals surface area contributed by atoms with Crippen LogP contribution in [0.3, 0.4) is 0 Å². The molecular formula is C18H18ClF3N4O2. The Balaban J connectivity index is 1.63. The van der Waals surface area contributed by atoms with Crippen molar-refractivity contribution < 1.29 is 18.0 Å². The van der Waals surface area contributed by atoms with E-state index >= 15 is 0 Å². The fourth-order valence-electron chi connectivity index (χ4n) is 3.30. The molecule has 1 amide bonds. The van der Waals surface area contributed by atoms with Gasteiger partial charge >= 0.3 is 6.18 Å². The first-order valence-electron chi connectivity index (χ1n) is 8.68. The van der Waals surface area contributed by atoms with Gasteiger partial charge in [0.1, 0.15) is 0 Å². The van der Waals surface area contributed by atoms with E-state index in [4.69, 9.17) is 11.6 Å². The molecule has 0 radical (unpaired) electrons. The third-order valence-electron chi connectivity index (χ3n) is 4.56. The van der Waals surface area contributed by atoms with Crippen LogP contribution in [0.5, 0.6) is 0 Å². The van der Waals surface area contributed by atoms with E-state index in [0.29, 0.717) is 12.2 Å². The SMILES string of the molecule is O=C(CC1CCCN(c2cn[nH]c(=O)c2)C1)Nc1ccc(Cl)c(C(F)(F)F)c1. The van der Waals surface area contributed by atoms with Crippen LogP contribution in [0.4, 0.5) is 24.5 Å². The van der Waals surface area contributed by atoms with Gasteiger partial charge in [-0.15, -0.1) is 0 Å². The van der Waals surface area contributed by atoms with Crippen LogP contribution >= 0.6 is 11.6 Å². The molecule has 2 N–H and O–H groups in total. The summed E-state index contributed by atoms with van der Waals surface area (Å²) in [5, 5.41) is 8.18. The highest BCUT2D eigenvalue weighted by molar-refractivity contribution is 6.31. The molecule has 150 valence electrons. The highest BCUT2D eigenvalue weighted by atomic mass is 35.5. The van der Waals surface area contributed by atoms with Crippen molar-refractivity contribution in [2.75, 3.05) is 23.3 Å². The van der Waals surface area contributed by atoms with E-state index in [1.54, 1.807) is 6.20 Å². The Hall–Kier alpha value is -2.55. The number of aromatic amines is 1. The van der Waals surface area contributed by atoms with Gasteiger partial charge in [0.2, 0.25) is 5.91 Å². The minimum absolute atomic E-state index is 0.0161. The van der Waals surface area contributed by atoms with E-state index in [2.05, 4.69) is 15.5 Å². The Morgan fingerprint density at radius 1 is 1.36 bits per heavy atom. The zero-order valence-electron chi connectivity index (χ0n) is 14.7. The first-order valence-corrected chi connectivity index (χ1v) is 9.06. The number of aromatic nitrogens is 2. The standard InChI is InChI=1S/C18H18ClF3N4O2/c19-15-4-3-12(7-14(15)18(20,21)22)24-16(27)6-11-2-1-5-26(10-11)13-8-17(28)25-23-9-13/h3-4,7-9,11H,1-2,5-6,10H2,(H,24,27)(H,25,28). The summed E-state index contributed by atoms with van der Waals surface area (Å²) in [6.07, 6.45) is -1.23. The summed E-state index contributed by atoms with van der Waals surface area (Å²) in [4.78, 5) is 25.7. The molecule has 1 aliphatic heterocycles. The Labute approximate surface area is 163 Å². The van der Waals surface area contributed by atoms with Crippen LogP contribution in [-0.2, 0) is 11.0 Å². The molecule has 0 aliphatic carbocycles. The van der Waals surface area contributed by atoms with Gasteiger partial charge < -0.3 is 10.2 Å². The van der Waals surface area contributed by atoms with Gasteiger partial charge in [0.15, 0.2) is 0 Å². The van der Waals surface area contributed by atoms with E-state index in [9.17, 15) is 22.8 Å². The van der Waals surface area contributed by atoms with E-state index in [-0.39, 0.29) is 29.5 Å². The maximum absolute atomic E-state index is 12.9. The van der Waals surface area contributed by atoms with E-state index in [1.165, 1.54) is 12.1 Å². The van der Waals surface area contributed by atoms with Gasteiger partial charge in [0.05, 0.1) is 22.5 Å². The van der Waals surface area contributed by atoms with E-state index in [1.807, 2.05) is 4.90 Å². The quantitative estimate of drug-likeness (QED) is 0.799. The van der Waals surface area contributed by atoms with Crippen molar-refractivity contribution >= 4 is 28.9 Å². The number of hydrogen-bond donors (Lipinski definition) is 2. The summed E-state index contributed by atoms with van der Waals surface area (Å²) in [6.45, 7) is 1.31. The topological polar surface area (TPSA) is 78.1 Å². The van der Waals surface area contributed by atoms with Gasteiger partial charge in [-0.1, -0.05) is 11.6 Å². The second-order valence-electron chi connectivity index (χ2n) is 6.70. The van der Waals surface area contributed by atoms with E-state index < -0.39 is 16.8 Å². The number of alkyl halides is 3. The third kappa shape index (κ3) is 5.03. The lowest BCUT2D eigenvalue weighted by Gasteiger charge is -2.33. The number of nitrogens with zero attached hydrogens (tertiary/aromatic N) is 2. The Kier molecular flexibility index (Phi) is 5.93. The third-order valence-corrected chi connectivity index (χ3v) is 4.89. The Bertz CT molecular complexity index is 916. The van der Waals surface area contributed by atoms with Crippen molar-refractivity contribution in [1.29, 1.82) is 0 Å². The van der Waals surface area contributed by atoms with Crippen LogP contribution in [0.1, 0.15) is 24.8 Å². The van der Waals surface area contributed by atoms with Gasteiger partial charge in [0.25, 0.3) is 5.56 Å². The van der Waals surface area contributed by atoms with Crippen molar-refractivity contribution in [2.24, 2.45) is 5.92 Å². The highest BCUT2D eigenvalue weighted by Gasteiger charge is 2.33. The Morgan fingerprint density at radius 3 is 2.86 bits per heavy atom. The minimum atomic E-state index is -4.59. The van der Waals surface area contributed by atoms with Gasteiger partial charge in [-0.3, -0.25) is 9.59 Å². The van der Waals surface area contributed by atoms with Crippen LogP contribution in [-0.4, -0.2) is 29.2 Å². The normalized spacial score (nSPS) is 17.4. The molecule has 28 heavy (non-hydrogen) atoms. The minimum Gasteiger partial charge on any atom is -0.370 e. The van der Waals surface area contributed by atoms with Gasteiger partial charge in [-0.05, 0) is 37.0 Å². The van der Waals surface area contributed by atoms with Crippen molar-refractivity contribution in [3.8, 4) is 0 Å². The molecule has 2 heterocycles. The van der Waals surface area contributed by atoms with Crippen molar-refractivity contribution in [2.45, 2.75) is 25.4 Å². The molecule has 1 saturated heterocycles. The summed E-state index contributed by atoms with van der Waals surface area (Å²) in [5.74, 6) is -0.353. The second kappa shape index (κ2) is 8.22. The first kappa shape index (κ1) is 20.2. The van der Waals surface area contributed by atoms with Crippen LogP contribution in [0.15, 0.2) is 35.3 Å². The first-order chi connectivity index (χ1) is 13.2. The molecule has 2 aromatic rings. The number of rotatable bonds is 4. The predicted octanol–water partition coefficient (Wildman–Crippen LogP) is 3.69. The number of carbonyl (C=O) groups is 1. The maximum atomic E-state index is 12.9. The number of amides is 1. The predicted molar refractivity (Wildman–Crippen MR) is 99.5 cm³/mol. The number of carbonyl (C=O) groups excluding carboxylic acids is 1. The van der Waals surface area contributed by atoms with Gasteiger partial charge in [0, 0.05) is 31.3 Å². The number of hydrogen-bond acceptors (Lipinski definition) is 4. The lowest BCUT2D eigenvalue weighted by molar-refractivity contribution is -0.137. The molecule has 0 spiro atoms. The summed E-state index contributed by atoms with van der Waals surface area (Å²) in [5.41, 5.74) is -0.562. The average molecular weight is 415 g/mol. The number of anilines is 2. The molecule has 1 aromatic carbocycles. The molecule has 1 aromatic heterocycles. The number of halogens is 4. The average Bonchev–Trinajstić information content (AvgIpc) is 2.62. The number of H-pyrrole nitrogens is 1. The molecule has 1 atom stereocenters. The fourth-order valence-corrected chi connectivity index (χ4v) is 3.52. The smallest absolute Gasteiger partial charge is 0.370 e. The summed E-state index contributed by atoms with van der Waals surface area (Å²) in [6, 6.07) is 4.73. The lowest BCUT2D eigenvalue weighted by Crippen LogP contribution is -2.37. The van der Waals surface area contributed by atoms with Crippen molar-refractivity contribution in [3.05, 3.63) is 51.4 Å². The molecular weight excluding hydrogens is 397 g/mol. The Morgan fingerprint density at radius 2 is 2.14 bits per heavy atom. The van der Waals surface area contributed by atoms with Crippen molar-refractivity contribution in [3.63, 3.8) is 0 Å². The largest absolute Gasteiger partial charge is 0.417 e. The van der Waals surface area contributed by atoms with Crippen LogP contribution < -0.4 is 15.8 Å².